The average Bonchev–Trinajstić information content (AvgIpc) is 2.46. The highest BCUT2D eigenvalue weighted by Gasteiger charge is 2.35. The second kappa shape index (κ2) is 7.74. The summed E-state index contributed by atoms with van der Waals surface area (Å²) in [6, 6.07) is 4.88. The van der Waals surface area contributed by atoms with Crippen LogP contribution in [0.4, 0.5) is 13.2 Å². The van der Waals surface area contributed by atoms with Crippen molar-refractivity contribution >= 4 is 18.3 Å². The minimum atomic E-state index is -4.40. The predicted molar refractivity (Wildman–Crippen MR) is 90.0 cm³/mol. The number of hydrogen-bond acceptors (Lipinski definition) is 2. The monoisotopic (exact) mass is 364 g/mol. The molecule has 1 atom stereocenters. The molecule has 1 unspecified atom stereocenters. The summed E-state index contributed by atoms with van der Waals surface area (Å²) in [5.74, 6) is -0.160. The van der Waals surface area contributed by atoms with Crippen molar-refractivity contribution in [2.75, 3.05) is 6.54 Å². The molecule has 1 aliphatic heterocycles. The number of carbonyl (C=O) groups excluding carboxylic acids is 1. The first-order chi connectivity index (χ1) is 10.6. The summed E-state index contributed by atoms with van der Waals surface area (Å²) in [6.45, 7) is 4.38. The number of piperidine rings is 1. The number of rotatable bonds is 3. The molecule has 1 amide bonds. The first kappa shape index (κ1) is 20.8. The van der Waals surface area contributed by atoms with Gasteiger partial charge in [-0.25, -0.2) is 0 Å². The summed E-state index contributed by atoms with van der Waals surface area (Å²) in [5.41, 5.74) is 5.30. The van der Waals surface area contributed by atoms with Crippen LogP contribution in [0.5, 0.6) is 0 Å². The van der Waals surface area contributed by atoms with Crippen LogP contribution in [0.25, 0.3) is 0 Å². The van der Waals surface area contributed by atoms with Gasteiger partial charge in [-0.15, -0.1) is 12.4 Å². The Morgan fingerprint density at radius 3 is 2.54 bits per heavy atom. The zero-order valence-electron chi connectivity index (χ0n) is 13.9. The lowest BCUT2D eigenvalue weighted by molar-refractivity contribution is -0.138. The van der Waals surface area contributed by atoms with Gasteiger partial charge in [-0.05, 0) is 44.7 Å². The molecule has 1 aromatic carbocycles. The zero-order chi connectivity index (χ0) is 17.3. The van der Waals surface area contributed by atoms with E-state index in [1.807, 2.05) is 13.8 Å². The smallest absolute Gasteiger partial charge is 0.338 e. The van der Waals surface area contributed by atoms with E-state index in [4.69, 9.17) is 5.73 Å². The SMILES string of the molecule is CC(C)(N)C1CCCCN1C(=O)Cc1cccc(C(F)(F)F)c1.Cl. The summed E-state index contributed by atoms with van der Waals surface area (Å²) in [7, 11) is 0. The van der Waals surface area contributed by atoms with Crippen LogP contribution in [0.1, 0.15) is 44.2 Å². The third-order valence-electron chi connectivity index (χ3n) is 4.29. The highest BCUT2D eigenvalue weighted by Crippen LogP contribution is 2.30. The molecule has 24 heavy (non-hydrogen) atoms. The van der Waals surface area contributed by atoms with Gasteiger partial charge in [0, 0.05) is 18.1 Å². The van der Waals surface area contributed by atoms with E-state index in [-0.39, 0.29) is 30.8 Å². The largest absolute Gasteiger partial charge is 0.416 e. The number of benzene rings is 1. The van der Waals surface area contributed by atoms with E-state index in [0.29, 0.717) is 12.1 Å². The Labute approximate surface area is 146 Å². The van der Waals surface area contributed by atoms with Gasteiger partial charge in [-0.3, -0.25) is 4.79 Å². The van der Waals surface area contributed by atoms with Gasteiger partial charge in [0.15, 0.2) is 0 Å². The summed E-state index contributed by atoms with van der Waals surface area (Å²) in [6.07, 6.45) is -1.68. The Balaban J connectivity index is 0.00000288. The van der Waals surface area contributed by atoms with Crippen LogP contribution in [-0.2, 0) is 17.4 Å². The average molecular weight is 365 g/mol. The number of nitrogens with two attached hydrogens (primary N) is 1. The quantitative estimate of drug-likeness (QED) is 0.887. The van der Waals surface area contributed by atoms with Crippen LogP contribution >= 0.6 is 12.4 Å². The van der Waals surface area contributed by atoms with E-state index in [1.165, 1.54) is 6.07 Å². The maximum absolute atomic E-state index is 12.8. The Bertz CT molecular complexity index is 570. The second-order valence-electron chi connectivity index (χ2n) is 6.79. The number of hydrogen-bond donors (Lipinski definition) is 1. The lowest BCUT2D eigenvalue weighted by Gasteiger charge is -2.43. The molecule has 1 heterocycles. The van der Waals surface area contributed by atoms with Gasteiger partial charge in [0.05, 0.1) is 12.0 Å². The summed E-state index contributed by atoms with van der Waals surface area (Å²) in [4.78, 5) is 14.3. The maximum atomic E-state index is 12.8. The number of halogens is 4. The van der Waals surface area contributed by atoms with Crippen LogP contribution in [0, 0.1) is 0 Å². The number of nitrogens with zero attached hydrogens (tertiary/aromatic N) is 1. The molecule has 1 saturated heterocycles. The summed E-state index contributed by atoms with van der Waals surface area (Å²) < 4.78 is 38.3. The molecule has 0 radical (unpaired) electrons. The van der Waals surface area contributed by atoms with Crippen molar-refractivity contribution in [1.29, 1.82) is 0 Å². The van der Waals surface area contributed by atoms with Gasteiger partial charge in [-0.2, -0.15) is 13.2 Å². The fraction of sp³-hybridized carbons (Fsp3) is 0.588. The van der Waals surface area contributed by atoms with Crippen molar-refractivity contribution < 1.29 is 18.0 Å². The number of amides is 1. The molecular formula is C17H24ClF3N2O. The Morgan fingerprint density at radius 2 is 1.96 bits per heavy atom. The highest BCUT2D eigenvalue weighted by molar-refractivity contribution is 5.85. The molecule has 0 spiro atoms. The Hall–Kier alpha value is -1.27. The molecule has 1 aromatic rings. The van der Waals surface area contributed by atoms with Crippen LogP contribution in [0.3, 0.4) is 0 Å². The zero-order valence-corrected chi connectivity index (χ0v) is 14.7. The van der Waals surface area contributed by atoms with E-state index >= 15 is 0 Å². The number of likely N-dealkylation sites (tertiary alicyclic amines) is 1. The molecule has 0 bridgehead atoms. The fourth-order valence-electron chi connectivity index (χ4n) is 3.14. The molecule has 3 nitrogen and oxygen atoms in total. The van der Waals surface area contributed by atoms with Gasteiger partial charge < -0.3 is 10.6 Å². The number of alkyl halides is 3. The van der Waals surface area contributed by atoms with Crippen molar-refractivity contribution in [3.8, 4) is 0 Å². The topological polar surface area (TPSA) is 46.3 Å². The molecule has 2 rings (SSSR count). The van der Waals surface area contributed by atoms with Gasteiger partial charge in [0.25, 0.3) is 0 Å². The third kappa shape index (κ3) is 5.11. The summed E-state index contributed by atoms with van der Waals surface area (Å²) >= 11 is 0. The molecule has 0 aromatic heterocycles. The molecule has 0 saturated carbocycles. The van der Waals surface area contributed by atoms with E-state index < -0.39 is 17.3 Å². The van der Waals surface area contributed by atoms with Gasteiger partial charge in [0.1, 0.15) is 0 Å². The maximum Gasteiger partial charge on any atom is 0.416 e. The first-order valence-electron chi connectivity index (χ1n) is 7.83. The molecule has 2 N–H and O–H groups in total. The van der Waals surface area contributed by atoms with Crippen molar-refractivity contribution in [1.82, 2.24) is 4.90 Å². The third-order valence-corrected chi connectivity index (χ3v) is 4.29. The molecule has 136 valence electrons. The van der Waals surface area contributed by atoms with Gasteiger partial charge in [-0.1, -0.05) is 18.2 Å². The van der Waals surface area contributed by atoms with Crippen molar-refractivity contribution in [2.45, 2.75) is 57.3 Å². The molecule has 1 aliphatic rings. The Kier molecular flexibility index (Phi) is 6.70. The highest BCUT2D eigenvalue weighted by atomic mass is 35.5. The van der Waals surface area contributed by atoms with Crippen molar-refractivity contribution in [3.63, 3.8) is 0 Å². The second-order valence-corrected chi connectivity index (χ2v) is 6.79. The molecule has 1 fully saturated rings. The lowest BCUT2D eigenvalue weighted by atomic mass is 9.86. The van der Waals surface area contributed by atoms with Crippen molar-refractivity contribution in [2.24, 2.45) is 5.73 Å². The van der Waals surface area contributed by atoms with Gasteiger partial charge >= 0.3 is 6.18 Å². The van der Waals surface area contributed by atoms with Crippen LogP contribution < -0.4 is 5.73 Å². The molecule has 7 heteroatoms. The fourth-order valence-corrected chi connectivity index (χ4v) is 3.14. The van der Waals surface area contributed by atoms with E-state index in [2.05, 4.69) is 0 Å². The first-order valence-corrected chi connectivity index (χ1v) is 7.83. The van der Waals surface area contributed by atoms with Crippen LogP contribution in [0.2, 0.25) is 0 Å². The van der Waals surface area contributed by atoms with Crippen LogP contribution in [-0.4, -0.2) is 28.9 Å². The standard InChI is InChI=1S/C17H23F3N2O.ClH/c1-16(2,21)14-8-3-4-9-22(14)15(23)11-12-6-5-7-13(10-12)17(18,19)20;/h5-7,10,14H,3-4,8-9,11,21H2,1-2H3;1H. The van der Waals surface area contributed by atoms with Crippen molar-refractivity contribution in [3.05, 3.63) is 35.4 Å². The van der Waals surface area contributed by atoms with E-state index in [1.54, 1.807) is 11.0 Å². The number of carbonyl (C=O) groups is 1. The minimum Gasteiger partial charge on any atom is -0.338 e. The van der Waals surface area contributed by atoms with Gasteiger partial charge in [0.2, 0.25) is 5.91 Å². The van der Waals surface area contributed by atoms with E-state index in [0.717, 1.165) is 31.4 Å². The molecule has 0 aliphatic carbocycles. The lowest BCUT2D eigenvalue weighted by Crippen LogP contribution is -2.58. The summed E-state index contributed by atoms with van der Waals surface area (Å²) in [5, 5.41) is 0. The van der Waals surface area contributed by atoms with Crippen LogP contribution in [0.15, 0.2) is 24.3 Å². The Morgan fingerprint density at radius 1 is 1.29 bits per heavy atom. The molecular weight excluding hydrogens is 341 g/mol. The normalized spacial score (nSPS) is 18.9. The minimum absolute atomic E-state index is 0. The predicted octanol–water partition coefficient (Wildman–Crippen LogP) is 3.79. The van der Waals surface area contributed by atoms with E-state index in [9.17, 15) is 18.0 Å².